The maximum absolute atomic E-state index is 12.5. The van der Waals surface area contributed by atoms with Gasteiger partial charge >= 0.3 is 0 Å². The number of rotatable bonds is 5. The summed E-state index contributed by atoms with van der Waals surface area (Å²) in [6.07, 6.45) is 0.0776. The number of methoxy groups -OCH3 is 1. The van der Waals surface area contributed by atoms with Gasteiger partial charge in [0.1, 0.15) is 6.54 Å². The Balaban J connectivity index is 1.64. The van der Waals surface area contributed by atoms with Crippen LogP contribution in [0.5, 0.6) is 0 Å². The number of para-hydroxylation sites is 1. The van der Waals surface area contributed by atoms with Crippen molar-refractivity contribution in [1.29, 1.82) is 0 Å². The lowest BCUT2D eigenvalue weighted by atomic mass is 9.97. The molecule has 0 radical (unpaired) electrons. The zero-order valence-electron chi connectivity index (χ0n) is 12.9. The largest absolute Gasteiger partial charge is 0.383 e. The molecule has 7 nitrogen and oxygen atoms in total. The fraction of sp³-hybridized carbons (Fsp3) is 0.438. The Labute approximate surface area is 134 Å². The van der Waals surface area contributed by atoms with E-state index < -0.39 is 5.92 Å². The number of carbonyl (C=O) groups excluding carboxylic acids is 3. The molecule has 0 spiro atoms. The molecule has 2 heterocycles. The fourth-order valence-electron chi connectivity index (χ4n) is 2.94. The molecule has 0 bridgehead atoms. The predicted octanol–water partition coefficient (Wildman–Crippen LogP) is 0.387. The van der Waals surface area contributed by atoms with Gasteiger partial charge in [-0.2, -0.15) is 0 Å². The van der Waals surface area contributed by atoms with Crippen LogP contribution in [-0.4, -0.2) is 61.0 Å². The minimum absolute atomic E-state index is 0.0680. The number of nitrogens with one attached hydrogen (secondary N) is 1. The molecule has 1 aromatic carbocycles. The average Bonchev–Trinajstić information content (AvgIpc) is 3.06. The highest BCUT2D eigenvalue weighted by molar-refractivity contribution is 6.05. The molecule has 7 heteroatoms. The molecular weight excluding hydrogens is 298 g/mol. The molecule has 23 heavy (non-hydrogen) atoms. The van der Waals surface area contributed by atoms with Crippen molar-refractivity contribution in [2.24, 2.45) is 0 Å². The van der Waals surface area contributed by atoms with Crippen molar-refractivity contribution in [3.8, 4) is 0 Å². The summed E-state index contributed by atoms with van der Waals surface area (Å²) in [6, 6.07) is 7.37. The number of nitrogens with zero attached hydrogens (tertiary/aromatic N) is 2. The summed E-state index contributed by atoms with van der Waals surface area (Å²) in [4.78, 5) is 39.5. The number of hydrogen-bond acceptors (Lipinski definition) is 4. The standard InChI is InChI=1S/C16H19N3O4/c1-23-7-6-18-10-19(9-15(18)21)14(20)8-12-11-4-2-3-5-13(11)17-16(12)22/h2-5,12H,6-10H2,1H3,(H,17,22). The van der Waals surface area contributed by atoms with Crippen LogP contribution in [-0.2, 0) is 19.1 Å². The van der Waals surface area contributed by atoms with Crippen LogP contribution in [0.25, 0.3) is 0 Å². The highest BCUT2D eigenvalue weighted by atomic mass is 16.5. The molecule has 0 saturated carbocycles. The Kier molecular flexibility index (Phi) is 4.29. The molecule has 1 fully saturated rings. The number of fused-ring (bicyclic) bond motifs is 1. The van der Waals surface area contributed by atoms with Crippen molar-refractivity contribution in [2.45, 2.75) is 12.3 Å². The van der Waals surface area contributed by atoms with Crippen LogP contribution in [0.1, 0.15) is 17.9 Å². The van der Waals surface area contributed by atoms with E-state index in [4.69, 9.17) is 4.74 Å². The van der Waals surface area contributed by atoms with E-state index in [0.717, 1.165) is 11.3 Å². The Morgan fingerprint density at radius 2 is 2.13 bits per heavy atom. The van der Waals surface area contributed by atoms with Gasteiger partial charge in [-0.3, -0.25) is 14.4 Å². The van der Waals surface area contributed by atoms with E-state index in [2.05, 4.69) is 5.32 Å². The minimum Gasteiger partial charge on any atom is -0.383 e. The number of amides is 3. The fourth-order valence-corrected chi connectivity index (χ4v) is 2.94. The second-order valence-electron chi connectivity index (χ2n) is 5.72. The smallest absolute Gasteiger partial charge is 0.243 e. The van der Waals surface area contributed by atoms with E-state index in [1.54, 1.807) is 12.0 Å². The van der Waals surface area contributed by atoms with Gasteiger partial charge in [-0.15, -0.1) is 0 Å². The lowest BCUT2D eigenvalue weighted by Gasteiger charge is -2.19. The first-order valence-electron chi connectivity index (χ1n) is 7.54. The van der Waals surface area contributed by atoms with E-state index in [0.29, 0.717) is 13.2 Å². The molecule has 1 N–H and O–H groups in total. The Morgan fingerprint density at radius 1 is 1.35 bits per heavy atom. The number of anilines is 1. The Hall–Kier alpha value is -2.41. The number of hydrogen-bond donors (Lipinski definition) is 1. The molecule has 1 unspecified atom stereocenters. The van der Waals surface area contributed by atoms with E-state index >= 15 is 0 Å². The van der Waals surface area contributed by atoms with Crippen LogP contribution in [0, 0.1) is 0 Å². The van der Waals surface area contributed by atoms with Crippen LogP contribution >= 0.6 is 0 Å². The van der Waals surface area contributed by atoms with Gasteiger partial charge in [-0.1, -0.05) is 18.2 Å². The Bertz CT molecular complexity index is 646. The average molecular weight is 317 g/mol. The van der Waals surface area contributed by atoms with Gasteiger partial charge in [0.25, 0.3) is 0 Å². The third-order valence-electron chi connectivity index (χ3n) is 4.23. The first kappa shape index (κ1) is 15.5. The molecule has 1 atom stereocenters. The van der Waals surface area contributed by atoms with Crippen LogP contribution < -0.4 is 5.32 Å². The van der Waals surface area contributed by atoms with Gasteiger partial charge in [0, 0.05) is 25.8 Å². The zero-order valence-corrected chi connectivity index (χ0v) is 12.9. The summed E-state index contributed by atoms with van der Waals surface area (Å²) < 4.78 is 4.96. The number of benzene rings is 1. The van der Waals surface area contributed by atoms with Gasteiger partial charge < -0.3 is 19.9 Å². The molecule has 2 aliphatic heterocycles. The number of ether oxygens (including phenoxy) is 1. The quantitative estimate of drug-likeness (QED) is 0.852. The summed E-state index contributed by atoms with van der Waals surface area (Å²) in [5, 5.41) is 2.79. The summed E-state index contributed by atoms with van der Waals surface area (Å²) >= 11 is 0. The molecular formula is C16H19N3O4. The van der Waals surface area contributed by atoms with Gasteiger partial charge in [0.2, 0.25) is 17.7 Å². The highest BCUT2D eigenvalue weighted by Gasteiger charge is 2.36. The third-order valence-corrected chi connectivity index (χ3v) is 4.23. The van der Waals surface area contributed by atoms with Crippen molar-refractivity contribution in [3.63, 3.8) is 0 Å². The van der Waals surface area contributed by atoms with E-state index in [-0.39, 0.29) is 37.4 Å². The first-order valence-corrected chi connectivity index (χ1v) is 7.54. The van der Waals surface area contributed by atoms with Gasteiger partial charge in [-0.25, -0.2) is 0 Å². The third kappa shape index (κ3) is 3.05. The van der Waals surface area contributed by atoms with Crippen LogP contribution in [0.15, 0.2) is 24.3 Å². The summed E-state index contributed by atoms with van der Waals surface area (Å²) in [5.41, 5.74) is 1.60. The Morgan fingerprint density at radius 3 is 2.91 bits per heavy atom. The predicted molar refractivity (Wildman–Crippen MR) is 82.6 cm³/mol. The maximum Gasteiger partial charge on any atom is 0.243 e. The maximum atomic E-state index is 12.5. The van der Waals surface area contributed by atoms with Crippen molar-refractivity contribution < 1.29 is 19.1 Å². The monoisotopic (exact) mass is 317 g/mol. The van der Waals surface area contributed by atoms with Crippen molar-refractivity contribution in [2.75, 3.05) is 38.8 Å². The summed E-state index contributed by atoms with van der Waals surface area (Å²) in [7, 11) is 1.57. The van der Waals surface area contributed by atoms with Gasteiger partial charge in [-0.05, 0) is 11.6 Å². The lowest BCUT2D eigenvalue weighted by molar-refractivity contribution is -0.133. The highest BCUT2D eigenvalue weighted by Crippen LogP contribution is 2.34. The van der Waals surface area contributed by atoms with Crippen LogP contribution in [0.3, 0.4) is 0 Å². The van der Waals surface area contributed by atoms with Crippen LogP contribution in [0.4, 0.5) is 5.69 Å². The van der Waals surface area contributed by atoms with E-state index in [9.17, 15) is 14.4 Å². The second kappa shape index (κ2) is 6.37. The second-order valence-corrected chi connectivity index (χ2v) is 5.72. The van der Waals surface area contributed by atoms with Crippen molar-refractivity contribution >= 4 is 23.4 Å². The molecule has 2 aliphatic rings. The normalized spacial score (nSPS) is 20.0. The van der Waals surface area contributed by atoms with E-state index in [1.807, 2.05) is 24.3 Å². The molecule has 0 aromatic heterocycles. The number of carbonyl (C=O) groups is 3. The minimum atomic E-state index is -0.484. The summed E-state index contributed by atoms with van der Waals surface area (Å²) in [6.45, 7) is 1.23. The summed E-state index contributed by atoms with van der Waals surface area (Å²) in [5.74, 6) is -0.926. The van der Waals surface area contributed by atoms with Crippen molar-refractivity contribution in [3.05, 3.63) is 29.8 Å². The van der Waals surface area contributed by atoms with Crippen LogP contribution in [0.2, 0.25) is 0 Å². The molecule has 0 aliphatic carbocycles. The molecule has 3 amide bonds. The molecule has 1 saturated heterocycles. The van der Waals surface area contributed by atoms with Gasteiger partial charge in [0.15, 0.2) is 0 Å². The molecule has 1 aromatic rings. The van der Waals surface area contributed by atoms with Crippen molar-refractivity contribution in [1.82, 2.24) is 9.80 Å². The van der Waals surface area contributed by atoms with Gasteiger partial charge in [0.05, 0.1) is 19.2 Å². The molecule has 3 rings (SSSR count). The van der Waals surface area contributed by atoms with E-state index in [1.165, 1.54) is 4.90 Å². The first-order chi connectivity index (χ1) is 11.1. The topological polar surface area (TPSA) is 79.0 Å². The lowest BCUT2D eigenvalue weighted by Crippen LogP contribution is -2.34. The molecule has 122 valence electrons. The SMILES string of the molecule is COCCN1CN(C(=O)CC2C(=O)Nc3ccccc32)CC1=O. The zero-order chi connectivity index (χ0) is 16.4.